The number of amides is 1. The third-order valence-electron chi connectivity index (χ3n) is 5.71. The van der Waals surface area contributed by atoms with Gasteiger partial charge in [-0.3, -0.25) is 19.8 Å². The number of nitro groups is 1. The van der Waals surface area contributed by atoms with Crippen LogP contribution in [0.2, 0.25) is 0 Å². The van der Waals surface area contributed by atoms with Gasteiger partial charge in [0.05, 0.1) is 21.2 Å². The van der Waals surface area contributed by atoms with E-state index in [9.17, 15) is 14.9 Å². The fourth-order valence-electron chi connectivity index (χ4n) is 3.93. The summed E-state index contributed by atoms with van der Waals surface area (Å²) in [6.45, 7) is 3.51. The molecule has 0 radical (unpaired) electrons. The van der Waals surface area contributed by atoms with Crippen LogP contribution in [0, 0.1) is 24.0 Å². The van der Waals surface area contributed by atoms with Gasteiger partial charge in [0, 0.05) is 23.3 Å². The predicted molar refractivity (Wildman–Crippen MR) is 143 cm³/mol. The van der Waals surface area contributed by atoms with Crippen molar-refractivity contribution in [2.45, 2.75) is 13.8 Å². The maximum atomic E-state index is 13.4. The molecule has 3 aromatic carbocycles. The zero-order valence-electron chi connectivity index (χ0n) is 19.5. The summed E-state index contributed by atoms with van der Waals surface area (Å²) in [7, 11) is 0. The van der Waals surface area contributed by atoms with Gasteiger partial charge in [-0.25, -0.2) is 4.99 Å². The number of carbonyl (C=O) groups is 1. The number of hydrogen-bond donors (Lipinski definition) is 0. The van der Waals surface area contributed by atoms with Crippen LogP contribution in [-0.4, -0.2) is 16.0 Å². The molecule has 1 amide bonds. The Bertz CT molecular complexity index is 1530. The van der Waals surface area contributed by atoms with Crippen LogP contribution >= 0.6 is 11.8 Å². The van der Waals surface area contributed by atoms with Crippen LogP contribution in [0.1, 0.15) is 16.9 Å². The van der Waals surface area contributed by atoms with Crippen LogP contribution < -0.4 is 4.90 Å². The Morgan fingerprint density at radius 3 is 2.33 bits per heavy atom. The molecular formula is C28H21N3O4S. The molecule has 1 fully saturated rings. The number of para-hydroxylation sites is 2. The SMILES string of the molecule is Cc1cc([N+](=O)[O-])c(C)cc1-c1ccc(/C=C2/SC(=Nc3ccccc3)N(c3ccccc3)C2=O)o1. The number of nitro benzene ring substituents is 1. The number of nitrogens with zero attached hydrogens (tertiary/aromatic N) is 3. The van der Waals surface area contributed by atoms with Crippen molar-refractivity contribution in [3.63, 3.8) is 0 Å². The first-order chi connectivity index (χ1) is 17.4. The van der Waals surface area contributed by atoms with Gasteiger partial charge in [-0.15, -0.1) is 0 Å². The van der Waals surface area contributed by atoms with Gasteiger partial charge in [-0.2, -0.15) is 0 Å². The predicted octanol–water partition coefficient (Wildman–Crippen LogP) is 7.28. The molecule has 0 spiro atoms. The highest BCUT2D eigenvalue weighted by Crippen LogP contribution is 2.38. The molecule has 2 heterocycles. The van der Waals surface area contributed by atoms with Gasteiger partial charge in [0.1, 0.15) is 11.5 Å². The molecule has 1 aromatic heterocycles. The maximum absolute atomic E-state index is 13.4. The fourth-order valence-corrected chi connectivity index (χ4v) is 4.91. The standard InChI is InChI=1S/C28H21N3O4S/c1-18-16-24(31(33)34)19(2)15-23(18)25-14-13-22(35-25)17-26-27(32)30(21-11-7-4-8-12-21)28(36-26)29-20-9-5-3-6-10-20/h3-17H,1-2H3/b26-17+,29-28?. The van der Waals surface area contributed by atoms with Gasteiger partial charge in [-0.05, 0) is 73.6 Å². The Kier molecular flexibility index (Phi) is 6.26. The van der Waals surface area contributed by atoms with Crippen molar-refractivity contribution in [3.05, 3.63) is 117 Å². The second-order valence-corrected chi connectivity index (χ2v) is 9.24. The third-order valence-corrected chi connectivity index (χ3v) is 6.68. The molecule has 8 heteroatoms. The lowest BCUT2D eigenvalue weighted by atomic mass is 10.0. The highest BCUT2D eigenvalue weighted by molar-refractivity contribution is 8.19. The Balaban J connectivity index is 1.50. The van der Waals surface area contributed by atoms with Crippen LogP contribution in [0.3, 0.4) is 0 Å². The van der Waals surface area contributed by atoms with Gasteiger partial charge in [-0.1, -0.05) is 36.4 Å². The maximum Gasteiger partial charge on any atom is 0.272 e. The van der Waals surface area contributed by atoms with Crippen molar-refractivity contribution in [2.24, 2.45) is 4.99 Å². The van der Waals surface area contributed by atoms with Crippen molar-refractivity contribution in [1.82, 2.24) is 0 Å². The second-order valence-electron chi connectivity index (χ2n) is 8.23. The highest BCUT2D eigenvalue weighted by atomic mass is 32.2. The molecule has 36 heavy (non-hydrogen) atoms. The first-order valence-electron chi connectivity index (χ1n) is 11.2. The van der Waals surface area contributed by atoms with E-state index in [4.69, 9.17) is 9.41 Å². The minimum Gasteiger partial charge on any atom is -0.457 e. The lowest BCUT2D eigenvalue weighted by molar-refractivity contribution is -0.385. The smallest absolute Gasteiger partial charge is 0.272 e. The van der Waals surface area contributed by atoms with Crippen LogP contribution in [0.25, 0.3) is 17.4 Å². The molecule has 0 N–H and O–H groups in total. The van der Waals surface area contributed by atoms with E-state index in [-0.39, 0.29) is 16.5 Å². The van der Waals surface area contributed by atoms with Gasteiger partial charge in [0.25, 0.3) is 11.6 Å². The average Bonchev–Trinajstić information content (AvgIpc) is 3.45. The van der Waals surface area contributed by atoms with Crippen molar-refractivity contribution >= 4 is 46.0 Å². The van der Waals surface area contributed by atoms with E-state index in [0.29, 0.717) is 27.2 Å². The molecule has 0 unspecified atom stereocenters. The molecule has 5 rings (SSSR count). The van der Waals surface area contributed by atoms with E-state index in [1.165, 1.54) is 11.8 Å². The number of furan rings is 1. The Morgan fingerprint density at radius 2 is 1.64 bits per heavy atom. The first-order valence-corrected chi connectivity index (χ1v) is 12.0. The molecular weight excluding hydrogens is 474 g/mol. The minimum absolute atomic E-state index is 0.0735. The zero-order valence-corrected chi connectivity index (χ0v) is 20.4. The molecule has 4 aromatic rings. The lowest BCUT2D eigenvalue weighted by Gasteiger charge is -2.15. The summed E-state index contributed by atoms with van der Waals surface area (Å²) in [5.41, 5.74) is 3.61. The zero-order chi connectivity index (χ0) is 25.2. The number of amidine groups is 1. The molecule has 1 aliphatic rings. The summed E-state index contributed by atoms with van der Waals surface area (Å²) in [6, 6.07) is 25.8. The number of hydrogen-bond acceptors (Lipinski definition) is 6. The van der Waals surface area contributed by atoms with E-state index in [1.807, 2.05) is 67.6 Å². The summed E-state index contributed by atoms with van der Waals surface area (Å²) < 4.78 is 6.04. The van der Waals surface area contributed by atoms with Crippen LogP contribution in [0.15, 0.2) is 99.2 Å². The van der Waals surface area contributed by atoms with Crippen molar-refractivity contribution in [2.75, 3.05) is 4.90 Å². The van der Waals surface area contributed by atoms with E-state index in [2.05, 4.69) is 0 Å². The van der Waals surface area contributed by atoms with E-state index < -0.39 is 0 Å². The van der Waals surface area contributed by atoms with Gasteiger partial charge >= 0.3 is 0 Å². The number of aliphatic imine (C=N–C) groups is 1. The Labute approximate surface area is 211 Å². The first kappa shape index (κ1) is 23.3. The lowest BCUT2D eigenvalue weighted by Crippen LogP contribution is -2.28. The number of benzene rings is 3. The Morgan fingerprint density at radius 1 is 0.944 bits per heavy atom. The number of anilines is 1. The van der Waals surface area contributed by atoms with Crippen molar-refractivity contribution in [3.8, 4) is 11.3 Å². The van der Waals surface area contributed by atoms with Crippen LogP contribution in [0.5, 0.6) is 0 Å². The van der Waals surface area contributed by atoms with Crippen molar-refractivity contribution < 1.29 is 14.1 Å². The van der Waals surface area contributed by atoms with E-state index in [1.54, 1.807) is 42.2 Å². The number of carbonyl (C=O) groups excluding carboxylic acids is 1. The highest BCUT2D eigenvalue weighted by Gasteiger charge is 2.35. The normalized spacial score (nSPS) is 15.7. The van der Waals surface area contributed by atoms with Gasteiger partial charge in [0.2, 0.25) is 0 Å². The topological polar surface area (TPSA) is 89.0 Å². The minimum atomic E-state index is -0.389. The van der Waals surface area contributed by atoms with E-state index >= 15 is 0 Å². The molecule has 0 atom stereocenters. The van der Waals surface area contributed by atoms with Crippen LogP contribution in [-0.2, 0) is 4.79 Å². The van der Waals surface area contributed by atoms with Crippen molar-refractivity contribution in [1.29, 1.82) is 0 Å². The van der Waals surface area contributed by atoms with E-state index in [0.717, 1.165) is 22.5 Å². The van der Waals surface area contributed by atoms with Crippen LogP contribution in [0.4, 0.5) is 17.1 Å². The number of aryl methyl sites for hydroxylation is 2. The molecule has 1 saturated heterocycles. The third kappa shape index (κ3) is 4.58. The molecule has 0 saturated carbocycles. The quantitative estimate of drug-likeness (QED) is 0.165. The summed E-state index contributed by atoms with van der Waals surface area (Å²) in [5.74, 6) is 0.886. The molecule has 1 aliphatic heterocycles. The largest absolute Gasteiger partial charge is 0.457 e. The molecule has 0 aliphatic carbocycles. The molecule has 7 nitrogen and oxygen atoms in total. The summed E-state index contributed by atoms with van der Waals surface area (Å²) in [5, 5.41) is 11.8. The molecule has 0 bridgehead atoms. The molecule has 178 valence electrons. The second kappa shape index (κ2) is 9.67. The summed E-state index contributed by atoms with van der Waals surface area (Å²) >= 11 is 1.28. The average molecular weight is 496 g/mol. The van der Waals surface area contributed by atoms with Gasteiger partial charge < -0.3 is 4.42 Å². The summed E-state index contributed by atoms with van der Waals surface area (Å²) in [4.78, 5) is 31.1. The Hall–Kier alpha value is -4.43. The van der Waals surface area contributed by atoms with Gasteiger partial charge in [0.15, 0.2) is 5.17 Å². The monoisotopic (exact) mass is 495 g/mol. The summed E-state index contributed by atoms with van der Waals surface area (Å²) in [6.07, 6.45) is 1.70. The number of thioether (sulfide) groups is 1. The number of rotatable bonds is 5. The fraction of sp³-hybridized carbons (Fsp3) is 0.0714.